The van der Waals surface area contributed by atoms with Crippen molar-refractivity contribution in [1.82, 2.24) is 15.0 Å². The summed E-state index contributed by atoms with van der Waals surface area (Å²) < 4.78 is 2.61. The molecular formula is C24H21N3S. The molecule has 5 rings (SSSR count). The maximum Gasteiger partial charge on any atom is 0.112 e. The summed E-state index contributed by atoms with van der Waals surface area (Å²) in [4.78, 5) is 12.8. The molecule has 3 heterocycles. The number of aromatic amines is 1. The topological polar surface area (TPSA) is 41.6 Å². The second-order valence-electron chi connectivity index (χ2n) is 8.08. The van der Waals surface area contributed by atoms with Gasteiger partial charge in [0.05, 0.1) is 11.4 Å². The average molecular weight is 384 g/mol. The number of hydrogen-bond acceptors (Lipinski definition) is 3. The van der Waals surface area contributed by atoms with E-state index in [0.717, 1.165) is 22.8 Å². The monoisotopic (exact) mass is 383 g/mol. The van der Waals surface area contributed by atoms with E-state index in [-0.39, 0.29) is 5.41 Å². The van der Waals surface area contributed by atoms with Crippen LogP contribution >= 0.6 is 11.3 Å². The summed E-state index contributed by atoms with van der Waals surface area (Å²) in [6, 6.07) is 19.2. The molecule has 1 N–H and O–H groups in total. The predicted octanol–water partition coefficient (Wildman–Crippen LogP) is 6.80. The maximum atomic E-state index is 5.01. The molecule has 138 valence electrons. The van der Waals surface area contributed by atoms with E-state index >= 15 is 0 Å². The van der Waals surface area contributed by atoms with Crippen molar-refractivity contribution < 1.29 is 0 Å². The Balaban J connectivity index is 1.83. The van der Waals surface area contributed by atoms with Crippen LogP contribution in [-0.2, 0) is 5.41 Å². The molecule has 0 aliphatic rings. The SMILES string of the molecule is CC(C)(C)c1nc(-c2ccncc2)c(-c2cccc3c2sc2ccccc23)[nH]1. The van der Waals surface area contributed by atoms with Gasteiger partial charge in [-0.1, -0.05) is 57.2 Å². The molecule has 0 saturated carbocycles. The van der Waals surface area contributed by atoms with Crippen LogP contribution in [0.25, 0.3) is 42.7 Å². The largest absolute Gasteiger partial charge is 0.341 e. The number of rotatable bonds is 2. The quantitative estimate of drug-likeness (QED) is 0.364. The van der Waals surface area contributed by atoms with E-state index in [1.165, 1.54) is 25.7 Å². The van der Waals surface area contributed by atoms with Gasteiger partial charge in [0.25, 0.3) is 0 Å². The number of nitrogens with zero attached hydrogens (tertiary/aromatic N) is 2. The van der Waals surface area contributed by atoms with E-state index in [0.29, 0.717) is 0 Å². The Morgan fingerprint density at radius 2 is 1.61 bits per heavy atom. The van der Waals surface area contributed by atoms with Crippen LogP contribution in [0.1, 0.15) is 26.6 Å². The van der Waals surface area contributed by atoms with E-state index in [9.17, 15) is 0 Å². The van der Waals surface area contributed by atoms with Gasteiger partial charge < -0.3 is 4.98 Å². The molecule has 4 heteroatoms. The number of imidazole rings is 1. The molecule has 0 spiro atoms. The van der Waals surface area contributed by atoms with Gasteiger partial charge in [0.1, 0.15) is 5.82 Å². The number of pyridine rings is 1. The lowest BCUT2D eigenvalue weighted by atomic mass is 9.96. The van der Waals surface area contributed by atoms with Crippen LogP contribution < -0.4 is 0 Å². The van der Waals surface area contributed by atoms with Gasteiger partial charge in [-0.25, -0.2) is 4.98 Å². The third kappa shape index (κ3) is 2.72. The molecule has 0 unspecified atom stereocenters. The van der Waals surface area contributed by atoms with E-state index in [1.54, 1.807) is 0 Å². The molecule has 3 nitrogen and oxygen atoms in total. The Bertz CT molecular complexity index is 1290. The predicted molar refractivity (Wildman–Crippen MR) is 119 cm³/mol. The van der Waals surface area contributed by atoms with Crippen molar-refractivity contribution in [2.45, 2.75) is 26.2 Å². The van der Waals surface area contributed by atoms with Crippen molar-refractivity contribution >= 4 is 31.5 Å². The number of fused-ring (bicyclic) bond motifs is 3. The number of thiophene rings is 1. The molecule has 5 aromatic rings. The molecule has 3 aromatic heterocycles. The van der Waals surface area contributed by atoms with Gasteiger partial charge in [-0.2, -0.15) is 0 Å². The fourth-order valence-electron chi connectivity index (χ4n) is 3.59. The summed E-state index contributed by atoms with van der Waals surface area (Å²) in [5, 5.41) is 2.61. The number of H-pyrrole nitrogens is 1. The molecule has 0 aliphatic carbocycles. The first kappa shape index (κ1) is 17.1. The average Bonchev–Trinajstić information content (AvgIpc) is 3.30. The smallest absolute Gasteiger partial charge is 0.112 e. The molecule has 0 amide bonds. The fourth-order valence-corrected chi connectivity index (χ4v) is 4.81. The number of aromatic nitrogens is 3. The summed E-state index contributed by atoms with van der Waals surface area (Å²) in [6.45, 7) is 6.56. The summed E-state index contributed by atoms with van der Waals surface area (Å²) >= 11 is 1.84. The number of benzene rings is 2. The Hall–Kier alpha value is -2.98. The Kier molecular flexibility index (Phi) is 3.84. The van der Waals surface area contributed by atoms with Crippen molar-refractivity contribution in [3.8, 4) is 22.5 Å². The third-order valence-electron chi connectivity index (χ3n) is 5.04. The third-order valence-corrected chi connectivity index (χ3v) is 6.26. The Morgan fingerprint density at radius 3 is 2.39 bits per heavy atom. The van der Waals surface area contributed by atoms with Crippen LogP contribution in [0.15, 0.2) is 67.0 Å². The summed E-state index contributed by atoms with van der Waals surface area (Å²) in [5.41, 5.74) is 4.28. The van der Waals surface area contributed by atoms with Crippen LogP contribution in [0.2, 0.25) is 0 Å². The van der Waals surface area contributed by atoms with Gasteiger partial charge in [-0.3, -0.25) is 4.98 Å². The van der Waals surface area contributed by atoms with Crippen LogP contribution in [-0.4, -0.2) is 15.0 Å². The molecule has 0 fully saturated rings. The molecular weight excluding hydrogens is 362 g/mol. The van der Waals surface area contributed by atoms with Crippen molar-refractivity contribution in [3.05, 3.63) is 72.8 Å². The molecule has 0 atom stereocenters. The maximum absolute atomic E-state index is 5.01. The zero-order valence-corrected chi connectivity index (χ0v) is 17.0. The summed E-state index contributed by atoms with van der Waals surface area (Å²) in [5.74, 6) is 0.993. The lowest BCUT2D eigenvalue weighted by molar-refractivity contribution is 0.553. The first-order valence-electron chi connectivity index (χ1n) is 9.44. The minimum atomic E-state index is -0.0614. The summed E-state index contributed by atoms with van der Waals surface area (Å²) in [7, 11) is 0. The van der Waals surface area contributed by atoms with Crippen LogP contribution in [0, 0.1) is 0 Å². The van der Waals surface area contributed by atoms with Crippen molar-refractivity contribution in [2.75, 3.05) is 0 Å². The first-order chi connectivity index (χ1) is 13.5. The number of nitrogens with one attached hydrogen (secondary N) is 1. The highest BCUT2D eigenvalue weighted by Crippen LogP contribution is 2.42. The van der Waals surface area contributed by atoms with Gasteiger partial charge in [-0.05, 0) is 18.2 Å². The fraction of sp³-hybridized carbons (Fsp3) is 0.167. The van der Waals surface area contributed by atoms with E-state index in [2.05, 4.69) is 73.2 Å². The van der Waals surface area contributed by atoms with Gasteiger partial charge in [0.2, 0.25) is 0 Å². The van der Waals surface area contributed by atoms with Gasteiger partial charge in [0.15, 0.2) is 0 Å². The standard InChI is InChI=1S/C24H21N3S/c1-24(2,3)23-26-20(15-11-13-25-14-12-15)21(27-23)18-9-6-8-17-16-7-4-5-10-19(16)28-22(17)18/h4-14H,1-3H3,(H,26,27). The van der Waals surface area contributed by atoms with Crippen molar-refractivity contribution in [1.29, 1.82) is 0 Å². The molecule has 28 heavy (non-hydrogen) atoms. The van der Waals surface area contributed by atoms with Crippen LogP contribution in [0.3, 0.4) is 0 Å². The van der Waals surface area contributed by atoms with Gasteiger partial charge in [-0.15, -0.1) is 11.3 Å². The molecule has 2 aromatic carbocycles. The zero-order valence-electron chi connectivity index (χ0n) is 16.2. The second-order valence-corrected chi connectivity index (χ2v) is 9.13. The van der Waals surface area contributed by atoms with Gasteiger partial charge >= 0.3 is 0 Å². The lowest BCUT2D eigenvalue weighted by Crippen LogP contribution is -2.13. The van der Waals surface area contributed by atoms with Crippen molar-refractivity contribution in [3.63, 3.8) is 0 Å². The summed E-state index contributed by atoms with van der Waals surface area (Å²) in [6.07, 6.45) is 3.65. The molecule has 0 aliphatic heterocycles. The van der Waals surface area contributed by atoms with E-state index in [1.807, 2.05) is 35.9 Å². The Morgan fingerprint density at radius 1 is 0.857 bits per heavy atom. The molecule has 0 bridgehead atoms. The highest BCUT2D eigenvalue weighted by Gasteiger charge is 2.23. The molecule has 0 saturated heterocycles. The minimum Gasteiger partial charge on any atom is -0.341 e. The van der Waals surface area contributed by atoms with E-state index < -0.39 is 0 Å². The normalized spacial score (nSPS) is 12.1. The molecule has 0 radical (unpaired) electrons. The highest BCUT2D eigenvalue weighted by atomic mass is 32.1. The van der Waals surface area contributed by atoms with E-state index in [4.69, 9.17) is 4.98 Å². The second kappa shape index (κ2) is 6.28. The highest BCUT2D eigenvalue weighted by molar-refractivity contribution is 7.26. The van der Waals surface area contributed by atoms with Crippen LogP contribution in [0.4, 0.5) is 0 Å². The van der Waals surface area contributed by atoms with Crippen molar-refractivity contribution in [2.24, 2.45) is 0 Å². The first-order valence-corrected chi connectivity index (χ1v) is 10.3. The zero-order chi connectivity index (χ0) is 19.3. The minimum absolute atomic E-state index is 0.0614. The lowest BCUT2D eigenvalue weighted by Gasteiger charge is -2.14. The van der Waals surface area contributed by atoms with Crippen LogP contribution in [0.5, 0.6) is 0 Å². The Labute approximate surface area is 168 Å². The van der Waals surface area contributed by atoms with Gasteiger partial charge in [0, 0.05) is 49.1 Å². The number of hydrogen-bond donors (Lipinski definition) is 1.